The molecule has 0 aliphatic heterocycles. The smallest absolute Gasteiger partial charge is 0.415 e. The molecule has 102 valence electrons. The Balaban J connectivity index is 2.28. The number of nitrogens with one attached hydrogen (secondary N) is 1. The van der Waals surface area contributed by atoms with Crippen LogP contribution < -0.4 is 4.90 Å². The summed E-state index contributed by atoms with van der Waals surface area (Å²) in [6, 6.07) is 0. The number of amides is 1. The van der Waals surface area contributed by atoms with Crippen LogP contribution in [0.1, 0.15) is 20.8 Å². The number of aromatic nitrogens is 3. The fraction of sp³-hybridized carbons (Fsp3) is 0.417. The van der Waals surface area contributed by atoms with Gasteiger partial charge in [0.25, 0.3) is 0 Å². The quantitative estimate of drug-likeness (QED) is 0.874. The molecule has 0 radical (unpaired) electrons. The van der Waals surface area contributed by atoms with Crippen LogP contribution in [0.25, 0.3) is 11.2 Å². The maximum absolute atomic E-state index is 11.9. The van der Waals surface area contributed by atoms with Crippen LogP contribution in [0.2, 0.25) is 0 Å². The van der Waals surface area contributed by atoms with Gasteiger partial charge in [-0.15, -0.1) is 0 Å². The second-order valence-electron chi connectivity index (χ2n) is 5.10. The lowest BCUT2D eigenvalue weighted by atomic mass is 10.2. The van der Waals surface area contributed by atoms with E-state index in [1.807, 2.05) is 20.8 Å². The third-order valence-electron chi connectivity index (χ3n) is 2.33. The number of carbonyl (C=O) groups is 1. The molecule has 1 N–H and O–H groups in total. The molecule has 2 heterocycles. The van der Waals surface area contributed by atoms with Crippen molar-refractivity contribution in [2.24, 2.45) is 0 Å². The standard InChI is InChI=1S/C12H15BrN4O2/c1-12(2,3)19-11(18)17(4)8-6-15-10-9(16-8)7(13)5-14-10/h5-6H,1-4H3,(H,14,15). The van der Waals surface area contributed by atoms with Crippen LogP contribution in [-0.2, 0) is 4.74 Å². The van der Waals surface area contributed by atoms with Gasteiger partial charge in [-0.25, -0.2) is 14.8 Å². The predicted octanol–water partition coefficient (Wildman–Crippen LogP) is 3.09. The van der Waals surface area contributed by atoms with Crippen molar-refractivity contribution in [1.82, 2.24) is 15.0 Å². The topological polar surface area (TPSA) is 71.1 Å². The number of nitrogens with zero attached hydrogens (tertiary/aromatic N) is 3. The first-order valence-electron chi connectivity index (χ1n) is 5.74. The van der Waals surface area contributed by atoms with E-state index in [9.17, 15) is 4.79 Å². The van der Waals surface area contributed by atoms with Crippen molar-refractivity contribution in [3.05, 3.63) is 16.9 Å². The highest BCUT2D eigenvalue weighted by molar-refractivity contribution is 9.10. The van der Waals surface area contributed by atoms with Crippen LogP contribution in [-0.4, -0.2) is 33.7 Å². The summed E-state index contributed by atoms with van der Waals surface area (Å²) >= 11 is 3.37. The van der Waals surface area contributed by atoms with Crippen molar-refractivity contribution in [1.29, 1.82) is 0 Å². The molecular formula is C12H15BrN4O2. The average Bonchev–Trinajstić information content (AvgIpc) is 2.67. The molecule has 2 rings (SSSR count). The molecule has 7 heteroatoms. The first kappa shape index (κ1) is 13.8. The Hall–Kier alpha value is -1.63. The zero-order valence-electron chi connectivity index (χ0n) is 11.2. The van der Waals surface area contributed by atoms with Crippen molar-refractivity contribution in [3.8, 4) is 0 Å². The minimum atomic E-state index is -0.544. The normalized spacial score (nSPS) is 11.6. The lowest BCUT2D eigenvalue weighted by Crippen LogP contribution is -2.34. The van der Waals surface area contributed by atoms with Gasteiger partial charge in [0.05, 0.1) is 10.7 Å². The van der Waals surface area contributed by atoms with E-state index < -0.39 is 11.7 Å². The van der Waals surface area contributed by atoms with E-state index in [2.05, 4.69) is 30.9 Å². The molecule has 0 saturated heterocycles. The van der Waals surface area contributed by atoms with Crippen molar-refractivity contribution >= 4 is 39.0 Å². The van der Waals surface area contributed by atoms with E-state index in [4.69, 9.17) is 4.74 Å². The molecule has 0 atom stereocenters. The summed E-state index contributed by atoms with van der Waals surface area (Å²) in [6.07, 6.45) is 2.81. The molecule has 19 heavy (non-hydrogen) atoms. The van der Waals surface area contributed by atoms with E-state index in [-0.39, 0.29) is 0 Å². The Labute approximate surface area is 119 Å². The van der Waals surface area contributed by atoms with Gasteiger partial charge in [0.2, 0.25) is 0 Å². The molecule has 2 aromatic heterocycles. The lowest BCUT2D eigenvalue weighted by molar-refractivity contribution is 0.0588. The molecule has 0 aromatic carbocycles. The molecule has 0 saturated carbocycles. The van der Waals surface area contributed by atoms with Gasteiger partial charge in [-0.3, -0.25) is 4.90 Å². The van der Waals surface area contributed by atoms with E-state index in [1.165, 1.54) is 11.1 Å². The molecule has 0 fully saturated rings. The SMILES string of the molecule is CN(C(=O)OC(C)(C)C)c1cnc2[nH]cc(Br)c2n1. The second kappa shape index (κ2) is 4.80. The summed E-state index contributed by atoms with van der Waals surface area (Å²) in [6.45, 7) is 5.45. The van der Waals surface area contributed by atoms with Gasteiger partial charge in [-0.1, -0.05) is 0 Å². The van der Waals surface area contributed by atoms with Crippen molar-refractivity contribution in [2.75, 3.05) is 11.9 Å². The van der Waals surface area contributed by atoms with Crippen LogP contribution in [0.15, 0.2) is 16.9 Å². The number of halogens is 1. The summed E-state index contributed by atoms with van der Waals surface area (Å²) < 4.78 is 6.08. The number of rotatable bonds is 1. The average molecular weight is 327 g/mol. The Bertz CT molecular complexity index is 618. The van der Waals surface area contributed by atoms with Gasteiger partial charge in [0.1, 0.15) is 11.1 Å². The van der Waals surface area contributed by atoms with Crippen molar-refractivity contribution < 1.29 is 9.53 Å². The van der Waals surface area contributed by atoms with Crippen LogP contribution in [0.3, 0.4) is 0 Å². The molecule has 0 aliphatic rings. The predicted molar refractivity (Wildman–Crippen MR) is 76.2 cm³/mol. The molecule has 0 spiro atoms. The monoisotopic (exact) mass is 326 g/mol. The number of hydrogen-bond acceptors (Lipinski definition) is 4. The Kier molecular flexibility index (Phi) is 3.49. The summed E-state index contributed by atoms with van der Waals surface area (Å²) in [4.78, 5) is 24.8. The minimum Gasteiger partial charge on any atom is -0.443 e. The highest BCUT2D eigenvalue weighted by Gasteiger charge is 2.22. The summed E-state index contributed by atoms with van der Waals surface area (Å²) in [7, 11) is 1.60. The minimum absolute atomic E-state index is 0.432. The zero-order valence-corrected chi connectivity index (χ0v) is 12.8. The van der Waals surface area contributed by atoms with Crippen molar-refractivity contribution in [2.45, 2.75) is 26.4 Å². The first-order valence-corrected chi connectivity index (χ1v) is 6.53. The largest absolute Gasteiger partial charge is 0.443 e. The van der Waals surface area contributed by atoms with E-state index in [0.29, 0.717) is 17.0 Å². The molecule has 2 aromatic rings. The maximum Gasteiger partial charge on any atom is 0.415 e. The fourth-order valence-electron chi connectivity index (χ4n) is 1.44. The van der Waals surface area contributed by atoms with Crippen molar-refractivity contribution in [3.63, 3.8) is 0 Å². The Morgan fingerprint density at radius 3 is 2.79 bits per heavy atom. The van der Waals surface area contributed by atoms with Gasteiger partial charge >= 0.3 is 6.09 Å². The van der Waals surface area contributed by atoms with E-state index in [1.54, 1.807) is 13.2 Å². The first-order chi connectivity index (χ1) is 8.78. The van der Waals surface area contributed by atoms with Crippen LogP contribution in [0.5, 0.6) is 0 Å². The number of anilines is 1. The maximum atomic E-state index is 11.9. The number of hydrogen-bond donors (Lipinski definition) is 1. The highest BCUT2D eigenvalue weighted by atomic mass is 79.9. The van der Waals surface area contributed by atoms with Crippen LogP contribution >= 0.6 is 15.9 Å². The number of H-pyrrole nitrogens is 1. The van der Waals surface area contributed by atoms with Gasteiger partial charge in [-0.05, 0) is 36.7 Å². The number of fused-ring (bicyclic) bond motifs is 1. The van der Waals surface area contributed by atoms with Gasteiger partial charge in [-0.2, -0.15) is 0 Å². The van der Waals surface area contributed by atoms with E-state index >= 15 is 0 Å². The molecule has 6 nitrogen and oxygen atoms in total. The summed E-state index contributed by atoms with van der Waals surface area (Å²) in [5.41, 5.74) is 0.790. The number of aromatic amines is 1. The molecule has 0 aliphatic carbocycles. The summed E-state index contributed by atoms with van der Waals surface area (Å²) in [5.74, 6) is 0.432. The third kappa shape index (κ3) is 3.04. The molecular weight excluding hydrogens is 312 g/mol. The fourth-order valence-corrected chi connectivity index (χ4v) is 1.83. The zero-order chi connectivity index (χ0) is 14.2. The number of carbonyl (C=O) groups excluding carboxylic acids is 1. The van der Waals surface area contributed by atoms with Gasteiger partial charge in [0, 0.05) is 13.2 Å². The molecule has 0 unspecified atom stereocenters. The van der Waals surface area contributed by atoms with E-state index in [0.717, 1.165) is 4.47 Å². The van der Waals surface area contributed by atoms with Crippen LogP contribution in [0, 0.1) is 0 Å². The highest BCUT2D eigenvalue weighted by Crippen LogP contribution is 2.22. The molecule has 0 bridgehead atoms. The third-order valence-corrected chi connectivity index (χ3v) is 2.94. The Morgan fingerprint density at radius 1 is 1.47 bits per heavy atom. The lowest BCUT2D eigenvalue weighted by Gasteiger charge is -2.23. The number of ether oxygens (including phenoxy) is 1. The molecule has 1 amide bonds. The Morgan fingerprint density at radius 2 is 2.16 bits per heavy atom. The van der Waals surface area contributed by atoms with Crippen LogP contribution in [0.4, 0.5) is 10.6 Å². The van der Waals surface area contributed by atoms with Gasteiger partial charge < -0.3 is 9.72 Å². The summed E-state index contributed by atoms with van der Waals surface area (Å²) in [5, 5.41) is 0. The second-order valence-corrected chi connectivity index (χ2v) is 5.96. The van der Waals surface area contributed by atoms with Gasteiger partial charge in [0.15, 0.2) is 11.5 Å².